The molecular formula is C26H32N6O2. The molecule has 0 bridgehead atoms. The zero-order valence-corrected chi connectivity index (χ0v) is 20.2. The van der Waals surface area contributed by atoms with E-state index in [9.17, 15) is 5.11 Å². The van der Waals surface area contributed by atoms with Crippen molar-refractivity contribution in [2.75, 3.05) is 26.7 Å². The molecule has 0 atom stereocenters. The average molecular weight is 461 g/mol. The zero-order chi connectivity index (χ0) is 23.9. The lowest BCUT2D eigenvalue weighted by Crippen LogP contribution is -2.31. The number of aliphatic hydroxyl groups is 1. The van der Waals surface area contributed by atoms with Gasteiger partial charge in [0.1, 0.15) is 17.9 Å². The Labute approximate surface area is 199 Å². The second-order valence-electron chi connectivity index (χ2n) is 9.98. The minimum absolute atomic E-state index is 0.233. The van der Waals surface area contributed by atoms with Crippen LogP contribution in [0.2, 0.25) is 0 Å². The lowest BCUT2D eigenvalue weighted by molar-refractivity contribution is 0.0283. The van der Waals surface area contributed by atoms with Gasteiger partial charge in [0.05, 0.1) is 29.7 Å². The van der Waals surface area contributed by atoms with Crippen LogP contribution in [0.5, 0.6) is 5.75 Å². The summed E-state index contributed by atoms with van der Waals surface area (Å²) in [7, 11) is 2.17. The minimum atomic E-state index is -0.881. The summed E-state index contributed by atoms with van der Waals surface area (Å²) in [6.07, 6.45) is 10.0. The molecule has 0 spiro atoms. The molecule has 8 nitrogen and oxygen atoms in total. The minimum Gasteiger partial charge on any atom is -0.490 e. The number of rotatable bonds is 6. The molecular weight excluding hydrogens is 428 g/mol. The summed E-state index contributed by atoms with van der Waals surface area (Å²) in [5, 5.41) is 14.6. The van der Waals surface area contributed by atoms with Crippen molar-refractivity contribution in [2.24, 2.45) is 0 Å². The Kier molecular flexibility index (Phi) is 5.87. The summed E-state index contributed by atoms with van der Waals surface area (Å²) in [5.41, 5.74) is 5.51. The molecule has 4 aromatic rings. The average Bonchev–Trinajstić information content (AvgIpc) is 3.45. The highest BCUT2D eigenvalue weighted by Gasteiger charge is 2.20. The van der Waals surface area contributed by atoms with Gasteiger partial charge < -0.3 is 19.7 Å². The van der Waals surface area contributed by atoms with Gasteiger partial charge in [0.15, 0.2) is 5.65 Å². The number of ether oxygens (including phenoxy) is 1. The normalized spacial score (nSPS) is 15.8. The first kappa shape index (κ1) is 22.6. The number of hydrogen-bond acceptors (Lipinski definition) is 6. The monoisotopic (exact) mass is 460 g/mol. The molecule has 1 aliphatic rings. The first-order chi connectivity index (χ1) is 16.3. The van der Waals surface area contributed by atoms with E-state index in [4.69, 9.17) is 9.72 Å². The SMILES string of the molecule is Cc1cc(-c2cnc3[nH]cc(-c4cnn(C5CCN(C)CC5)c4)c3n2)ccc1OCC(C)(C)O. The van der Waals surface area contributed by atoms with Gasteiger partial charge in [-0.3, -0.25) is 4.68 Å². The third-order valence-corrected chi connectivity index (χ3v) is 6.41. The molecule has 1 saturated heterocycles. The van der Waals surface area contributed by atoms with Crippen LogP contribution in [0.1, 0.15) is 38.3 Å². The van der Waals surface area contributed by atoms with Gasteiger partial charge in [0, 0.05) is 29.1 Å². The van der Waals surface area contributed by atoms with Crippen LogP contribution < -0.4 is 4.74 Å². The predicted molar refractivity (Wildman–Crippen MR) is 133 cm³/mol. The van der Waals surface area contributed by atoms with Crippen molar-refractivity contribution < 1.29 is 9.84 Å². The third kappa shape index (κ3) is 4.69. The number of benzene rings is 1. The molecule has 1 aliphatic heterocycles. The maximum atomic E-state index is 9.93. The van der Waals surface area contributed by atoms with E-state index in [0.29, 0.717) is 6.04 Å². The summed E-state index contributed by atoms with van der Waals surface area (Å²) in [6.45, 7) is 7.89. The van der Waals surface area contributed by atoms with Crippen molar-refractivity contribution in [2.45, 2.75) is 45.3 Å². The van der Waals surface area contributed by atoms with Crippen LogP contribution in [-0.4, -0.2) is 67.1 Å². The molecule has 1 aromatic carbocycles. The van der Waals surface area contributed by atoms with Crippen LogP contribution in [0.15, 0.2) is 43.0 Å². The van der Waals surface area contributed by atoms with Crippen molar-refractivity contribution in [3.8, 4) is 28.1 Å². The van der Waals surface area contributed by atoms with E-state index < -0.39 is 5.60 Å². The van der Waals surface area contributed by atoms with Gasteiger partial charge >= 0.3 is 0 Å². The van der Waals surface area contributed by atoms with Crippen LogP contribution in [0.4, 0.5) is 0 Å². The van der Waals surface area contributed by atoms with Crippen molar-refractivity contribution in [3.63, 3.8) is 0 Å². The third-order valence-electron chi connectivity index (χ3n) is 6.41. The Hall–Kier alpha value is -3.23. The number of aromatic amines is 1. The van der Waals surface area contributed by atoms with Gasteiger partial charge in [-0.2, -0.15) is 5.10 Å². The van der Waals surface area contributed by atoms with E-state index in [1.165, 1.54) is 0 Å². The van der Waals surface area contributed by atoms with Crippen LogP contribution in [0.3, 0.4) is 0 Å². The van der Waals surface area contributed by atoms with Gasteiger partial charge in [0.25, 0.3) is 0 Å². The van der Waals surface area contributed by atoms with Crippen LogP contribution in [-0.2, 0) is 0 Å². The summed E-state index contributed by atoms with van der Waals surface area (Å²) in [5.74, 6) is 0.753. The first-order valence-electron chi connectivity index (χ1n) is 11.8. The van der Waals surface area contributed by atoms with Gasteiger partial charge in [-0.05, 0) is 77.5 Å². The molecule has 0 aliphatic carbocycles. The Morgan fingerprint density at radius 2 is 1.97 bits per heavy atom. The topological polar surface area (TPSA) is 92.1 Å². The number of aromatic nitrogens is 5. The number of hydrogen-bond donors (Lipinski definition) is 2. The predicted octanol–water partition coefficient (Wildman–Crippen LogP) is 4.21. The molecule has 0 radical (unpaired) electrons. The van der Waals surface area contributed by atoms with E-state index >= 15 is 0 Å². The molecule has 0 amide bonds. The van der Waals surface area contributed by atoms with Crippen molar-refractivity contribution in [3.05, 3.63) is 48.5 Å². The van der Waals surface area contributed by atoms with Gasteiger partial charge in [0.2, 0.25) is 0 Å². The number of piperidine rings is 1. The summed E-state index contributed by atoms with van der Waals surface area (Å²) in [4.78, 5) is 15.2. The fourth-order valence-corrected chi connectivity index (χ4v) is 4.41. The highest BCUT2D eigenvalue weighted by molar-refractivity contribution is 5.91. The highest BCUT2D eigenvalue weighted by Crippen LogP contribution is 2.31. The van der Waals surface area contributed by atoms with E-state index in [-0.39, 0.29) is 6.61 Å². The number of H-pyrrole nitrogens is 1. The fourth-order valence-electron chi connectivity index (χ4n) is 4.41. The number of fused-ring (bicyclic) bond motifs is 1. The zero-order valence-electron chi connectivity index (χ0n) is 20.2. The summed E-state index contributed by atoms with van der Waals surface area (Å²) in [6, 6.07) is 6.39. The fraction of sp³-hybridized carbons (Fsp3) is 0.423. The molecule has 0 unspecified atom stereocenters. The second kappa shape index (κ2) is 8.85. The molecule has 4 heterocycles. The van der Waals surface area contributed by atoms with Gasteiger partial charge in [-0.15, -0.1) is 0 Å². The first-order valence-corrected chi connectivity index (χ1v) is 11.8. The second-order valence-corrected chi connectivity index (χ2v) is 9.98. The van der Waals surface area contributed by atoms with E-state index in [1.807, 2.05) is 37.5 Å². The smallest absolute Gasteiger partial charge is 0.156 e. The molecule has 178 valence electrons. The van der Waals surface area contributed by atoms with E-state index in [0.717, 1.165) is 70.8 Å². The molecule has 1 fully saturated rings. The molecule has 5 rings (SSSR count). The molecule has 34 heavy (non-hydrogen) atoms. The van der Waals surface area contributed by atoms with Gasteiger partial charge in [-0.25, -0.2) is 9.97 Å². The summed E-state index contributed by atoms with van der Waals surface area (Å²) >= 11 is 0. The van der Waals surface area contributed by atoms with E-state index in [2.05, 4.69) is 37.9 Å². The number of likely N-dealkylation sites (tertiary alicyclic amines) is 1. The van der Waals surface area contributed by atoms with Crippen LogP contribution in [0, 0.1) is 6.92 Å². The van der Waals surface area contributed by atoms with Gasteiger partial charge in [-0.1, -0.05) is 0 Å². The number of nitrogens with zero attached hydrogens (tertiary/aromatic N) is 5. The number of nitrogens with one attached hydrogen (secondary N) is 1. The highest BCUT2D eigenvalue weighted by atomic mass is 16.5. The van der Waals surface area contributed by atoms with Crippen LogP contribution >= 0.6 is 0 Å². The molecule has 2 N–H and O–H groups in total. The maximum absolute atomic E-state index is 9.93. The maximum Gasteiger partial charge on any atom is 0.156 e. The molecule has 3 aromatic heterocycles. The van der Waals surface area contributed by atoms with Crippen molar-refractivity contribution >= 4 is 11.2 Å². The standard InChI is InChI=1S/C26H32N6O2/c1-17-11-18(5-6-23(17)34-16-26(2,3)33)22-14-28-25-24(30-22)21(13-27-25)19-12-29-32(15-19)20-7-9-31(4)10-8-20/h5-6,11-15,20,33H,7-10,16H2,1-4H3,(H,27,28). The quantitative estimate of drug-likeness (QED) is 0.448. The Balaban J connectivity index is 1.41. The molecule has 0 saturated carbocycles. The Morgan fingerprint density at radius 3 is 2.71 bits per heavy atom. The van der Waals surface area contributed by atoms with Crippen molar-refractivity contribution in [1.29, 1.82) is 0 Å². The summed E-state index contributed by atoms with van der Waals surface area (Å²) < 4.78 is 7.89. The Morgan fingerprint density at radius 1 is 1.18 bits per heavy atom. The number of aryl methyl sites for hydroxylation is 1. The lowest BCUT2D eigenvalue weighted by Gasteiger charge is -2.28. The largest absolute Gasteiger partial charge is 0.490 e. The Bertz CT molecular complexity index is 1290. The molecule has 8 heteroatoms. The lowest BCUT2D eigenvalue weighted by atomic mass is 10.1. The van der Waals surface area contributed by atoms with Crippen LogP contribution in [0.25, 0.3) is 33.5 Å². The van der Waals surface area contributed by atoms with E-state index in [1.54, 1.807) is 20.0 Å². The van der Waals surface area contributed by atoms with Crippen molar-refractivity contribution in [1.82, 2.24) is 29.6 Å².